The summed E-state index contributed by atoms with van der Waals surface area (Å²) >= 11 is 3.57. The average molecular weight is 302 g/mol. The molecule has 0 spiro atoms. The van der Waals surface area contributed by atoms with Crippen molar-refractivity contribution in [1.29, 1.82) is 0 Å². The number of unbranched alkanes of at least 4 members (excludes halogenated alkanes) is 1. The lowest BCUT2D eigenvalue weighted by atomic mass is 10.1. The molecular formula is C13H20BrNO2. The van der Waals surface area contributed by atoms with Gasteiger partial charge in [0.05, 0.1) is 14.2 Å². The highest BCUT2D eigenvalue weighted by Gasteiger charge is 2.09. The molecule has 0 aliphatic heterocycles. The van der Waals surface area contributed by atoms with Gasteiger partial charge in [0.1, 0.15) is 0 Å². The molecule has 1 aromatic carbocycles. The van der Waals surface area contributed by atoms with Crippen molar-refractivity contribution in [1.82, 2.24) is 5.32 Å². The van der Waals surface area contributed by atoms with E-state index in [0.717, 1.165) is 35.4 Å². The van der Waals surface area contributed by atoms with Crippen LogP contribution in [0.5, 0.6) is 11.5 Å². The van der Waals surface area contributed by atoms with E-state index in [1.807, 2.05) is 19.2 Å². The molecule has 96 valence electrons. The first kappa shape index (κ1) is 14.3. The Bertz CT molecular complexity index is 356. The van der Waals surface area contributed by atoms with Gasteiger partial charge in [0.2, 0.25) is 0 Å². The Morgan fingerprint density at radius 1 is 1.12 bits per heavy atom. The summed E-state index contributed by atoms with van der Waals surface area (Å²) in [5.41, 5.74) is 1.26. The molecule has 0 fully saturated rings. The first-order valence-corrected chi connectivity index (χ1v) is 6.57. The molecule has 0 heterocycles. The van der Waals surface area contributed by atoms with Crippen LogP contribution in [0, 0.1) is 0 Å². The summed E-state index contributed by atoms with van der Waals surface area (Å²) in [6.45, 7) is 1.06. The first-order valence-electron chi connectivity index (χ1n) is 5.78. The predicted molar refractivity (Wildman–Crippen MR) is 74.1 cm³/mol. The monoisotopic (exact) mass is 301 g/mol. The third kappa shape index (κ3) is 4.21. The minimum Gasteiger partial charge on any atom is -0.493 e. The summed E-state index contributed by atoms with van der Waals surface area (Å²) in [5, 5.41) is 3.15. The zero-order chi connectivity index (χ0) is 12.7. The number of aryl methyl sites for hydroxylation is 1. The molecule has 0 aliphatic carbocycles. The standard InChI is InChI=1S/C13H20BrNO2/c1-15-7-5-4-6-10-8-12(16-2)13(17-3)9-11(10)14/h8-9,15H,4-7H2,1-3H3. The fourth-order valence-electron chi connectivity index (χ4n) is 1.71. The molecule has 4 heteroatoms. The van der Waals surface area contributed by atoms with Crippen molar-refractivity contribution >= 4 is 15.9 Å². The smallest absolute Gasteiger partial charge is 0.161 e. The lowest BCUT2D eigenvalue weighted by Gasteiger charge is -2.11. The summed E-state index contributed by atoms with van der Waals surface area (Å²) in [7, 11) is 5.29. The SMILES string of the molecule is CNCCCCc1cc(OC)c(OC)cc1Br. The number of nitrogens with one attached hydrogen (secondary N) is 1. The molecule has 0 bridgehead atoms. The van der Waals surface area contributed by atoms with Crippen LogP contribution in [-0.4, -0.2) is 27.8 Å². The van der Waals surface area contributed by atoms with Gasteiger partial charge < -0.3 is 14.8 Å². The van der Waals surface area contributed by atoms with Gasteiger partial charge in [-0.2, -0.15) is 0 Å². The quantitative estimate of drug-likeness (QED) is 0.785. The maximum Gasteiger partial charge on any atom is 0.161 e. The molecule has 1 N–H and O–H groups in total. The van der Waals surface area contributed by atoms with Gasteiger partial charge in [0, 0.05) is 4.47 Å². The highest BCUT2D eigenvalue weighted by atomic mass is 79.9. The van der Waals surface area contributed by atoms with Gasteiger partial charge in [-0.3, -0.25) is 0 Å². The highest BCUT2D eigenvalue weighted by molar-refractivity contribution is 9.10. The van der Waals surface area contributed by atoms with Crippen molar-refractivity contribution in [2.24, 2.45) is 0 Å². The topological polar surface area (TPSA) is 30.5 Å². The van der Waals surface area contributed by atoms with Gasteiger partial charge in [0.15, 0.2) is 11.5 Å². The van der Waals surface area contributed by atoms with E-state index in [2.05, 4.69) is 21.2 Å². The van der Waals surface area contributed by atoms with E-state index in [0.29, 0.717) is 0 Å². The van der Waals surface area contributed by atoms with E-state index in [1.54, 1.807) is 14.2 Å². The highest BCUT2D eigenvalue weighted by Crippen LogP contribution is 2.33. The zero-order valence-corrected chi connectivity index (χ0v) is 12.3. The van der Waals surface area contributed by atoms with Gasteiger partial charge in [-0.15, -0.1) is 0 Å². The second kappa shape index (κ2) is 7.56. The molecule has 0 unspecified atom stereocenters. The lowest BCUT2D eigenvalue weighted by Crippen LogP contribution is -2.07. The fraction of sp³-hybridized carbons (Fsp3) is 0.538. The van der Waals surface area contributed by atoms with Gasteiger partial charge in [-0.05, 0) is 50.6 Å². The van der Waals surface area contributed by atoms with Gasteiger partial charge in [-0.1, -0.05) is 15.9 Å². The number of hydrogen-bond donors (Lipinski definition) is 1. The molecule has 17 heavy (non-hydrogen) atoms. The molecular weight excluding hydrogens is 282 g/mol. The number of halogens is 1. The normalized spacial score (nSPS) is 10.4. The Labute approximate surface area is 112 Å². The van der Waals surface area contributed by atoms with Crippen LogP contribution in [-0.2, 0) is 6.42 Å². The molecule has 0 saturated heterocycles. The van der Waals surface area contributed by atoms with Crippen LogP contribution in [0.15, 0.2) is 16.6 Å². The molecule has 0 atom stereocenters. The Balaban J connectivity index is 2.71. The Hall–Kier alpha value is -0.740. The fourth-order valence-corrected chi connectivity index (χ4v) is 2.23. The largest absolute Gasteiger partial charge is 0.493 e. The van der Waals surface area contributed by atoms with Crippen molar-refractivity contribution in [2.75, 3.05) is 27.8 Å². The van der Waals surface area contributed by atoms with E-state index in [9.17, 15) is 0 Å². The number of benzene rings is 1. The van der Waals surface area contributed by atoms with Crippen LogP contribution in [0.4, 0.5) is 0 Å². The van der Waals surface area contributed by atoms with Crippen molar-refractivity contribution in [3.05, 3.63) is 22.2 Å². The van der Waals surface area contributed by atoms with E-state index in [1.165, 1.54) is 12.0 Å². The zero-order valence-electron chi connectivity index (χ0n) is 10.7. The Morgan fingerprint density at radius 3 is 2.35 bits per heavy atom. The minimum absolute atomic E-state index is 0.762. The molecule has 0 amide bonds. The van der Waals surface area contributed by atoms with Crippen LogP contribution in [0.2, 0.25) is 0 Å². The Kier molecular flexibility index (Phi) is 6.37. The van der Waals surface area contributed by atoms with Crippen LogP contribution in [0.25, 0.3) is 0 Å². The lowest BCUT2D eigenvalue weighted by molar-refractivity contribution is 0.354. The van der Waals surface area contributed by atoms with E-state index < -0.39 is 0 Å². The predicted octanol–water partition coefficient (Wildman–Crippen LogP) is 3.01. The third-order valence-electron chi connectivity index (χ3n) is 2.68. The molecule has 0 aliphatic rings. The second-order valence-electron chi connectivity index (χ2n) is 3.86. The van der Waals surface area contributed by atoms with Crippen LogP contribution in [0.3, 0.4) is 0 Å². The maximum atomic E-state index is 5.30. The third-order valence-corrected chi connectivity index (χ3v) is 3.41. The summed E-state index contributed by atoms with van der Waals surface area (Å²) < 4.78 is 11.6. The number of ether oxygens (including phenoxy) is 2. The number of methoxy groups -OCH3 is 2. The summed E-state index contributed by atoms with van der Waals surface area (Å²) in [6.07, 6.45) is 3.38. The maximum absolute atomic E-state index is 5.30. The molecule has 1 rings (SSSR count). The number of hydrogen-bond acceptors (Lipinski definition) is 3. The summed E-state index contributed by atoms with van der Waals surface area (Å²) in [6, 6.07) is 4.01. The molecule has 0 saturated carbocycles. The molecule has 0 radical (unpaired) electrons. The second-order valence-corrected chi connectivity index (χ2v) is 4.71. The van der Waals surface area contributed by atoms with Crippen molar-refractivity contribution in [3.8, 4) is 11.5 Å². The summed E-state index contributed by atoms with van der Waals surface area (Å²) in [5.74, 6) is 1.55. The Morgan fingerprint density at radius 2 is 1.76 bits per heavy atom. The number of rotatable bonds is 7. The van der Waals surface area contributed by atoms with Crippen molar-refractivity contribution in [2.45, 2.75) is 19.3 Å². The van der Waals surface area contributed by atoms with Crippen molar-refractivity contribution < 1.29 is 9.47 Å². The van der Waals surface area contributed by atoms with Crippen LogP contribution < -0.4 is 14.8 Å². The summed E-state index contributed by atoms with van der Waals surface area (Å²) in [4.78, 5) is 0. The van der Waals surface area contributed by atoms with Crippen LogP contribution >= 0.6 is 15.9 Å². The molecule has 1 aromatic rings. The van der Waals surface area contributed by atoms with Gasteiger partial charge in [-0.25, -0.2) is 0 Å². The molecule has 0 aromatic heterocycles. The minimum atomic E-state index is 0.762. The van der Waals surface area contributed by atoms with E-state index in [-0.39, 0.29) is 0 Å². The van der Waals surface area contributed by atoms with E-state index >= 15 is 0 Å². The van der Waals surface area contributed by atoms with Gasteiger partial charge in [0.25, 0.3) is 0 Å². The average Bonchev–Trinajstić information content (AvgIpc) is 2.35. The molecule has 3 nitrogen and oxygen atoms in total. The van der Waals surface area contributed by atoms with E-state index in [4.69, 9.17) is 9.47 Å². The van der Waals surface area contributed by atoms with Crippen LogP contribution in [0.1, 0.15) is 18.4 Å². The van der Waals surface area contributed by atoms with Crippen molar-refractivity contribution in [3.63, 3.8) is 0 Å². The first-order chi connectivity index (χ1) is 8.22. The van der Waals surface area contributed by atoms with Gasteiger partial charge >= 0.3 is 0 Å².